The third-order valence-corrected chi connectivity index (χ3v) is 4.74. The molecule has 2 atom stereocenters. The molecule has 1 aromatic rings. The normalized spacial score (nSPS) is 22.4. The zero-order valence-electron chi connectivity index (χ0n) is 14.6. The number of likely N-dealkylation sites (tertiary alicyclic amines) is 1. The van der Waals surface area contributed by atoms with Gasteiger partial charge in [-0.25, -0.2) is 0 Å². The first kappa shape index (κ1) is 17.8. The number of hydrogen-bond donors (Lipinski definition) is 2. The molecule has 23 heavy (non-hydrogen) atoms. The lowest BCUT2D eigenvalue weighted by atomic mass is 9.80. The fourth-order valence-electron chi connectivity index (χ4n) is 3.21. The zero-order valence-corrected chi connectivity index (χ0v) is 14.6. The van der Waals surface area contributed by atoms with E-state index in [1.54, 1.807) is 7.11 Å². The van der Waals surface area contributed by atoms with E-state index in [-0.39, 0.29) is 23.4 Å². The third-order valence-electron chi connectivity index (χ3n) is 4.74. The molecule has 1 heterocycles. The van der Waals surface area contributed by atoms with Crippen LogP contribution in [0.1, 0.15) is 38.8 Å². The largest absolute Gasteiger partial charge is 0.496 e. The molecule has 0 radical (unpaired) electrons. The van der Waals surface area contributed by atoms with Crippen molar-refractivity contribution in [1.29, 1.82) is 0 Å². The Morgan fingerprint density at radius 2 is 2.17 bits per heavy atom. The maximum absolute atomic E-state index is 12.4. The molecule has 2 unspecified atom stereocenters. The molecular formula is C18H29N3O2. The molecule has 0 aromatic heterocycles. The number of benzene rings is 1. The summed E-state index contributed by atoms with van der Waals surface area (Å²) in [6.45, 7) is 8.45. The van der Waals surface area contributed by atoms with Gasteiger partial charge in [-0.1, -0.05) is 32.0 Å². The Labute approximate surface area is 139 Å². The summed E-state index contributed by atoms with van der Waals surface area (Å²) in [7, 11) is 1.65. The second-order valence-electron chi connectivity index (χ2n) is 7.13. The van der Waals surface area contributed by atoms with Crippen LogP contribution in [0.5, 0.6) is 5.75 Å². The van der Waals surface area contributed by atoms with E-state index in [0.29, 0.717) is 6.54 Å². The van der Waals surface area contributed by atoms with Gasteiger partial charge in [0.1, 0.15) is 5.75 Å². The summed E-state index contributed by atoms with van der Waals surface area (Å²) in [6, 6.07) is 7.89. The van der Waals surface area contributed by atoms with E-state index in [0.717, 1.165) is 30.8 Å². The van der Waals surface area contributed by atoms with E-state index >= 15 is 0 Å². The lowest BCUT2D eigenvalue weighted by Crippen LogP contribution is -2.54. The molecule has 1 amide bonds. The third kappa shape index (κ3) is 4.45. The number of nitrogens with zero attached hydrogens (tertiary/aromatic N) is 1. The number of ether oxygens (including phenoxy) is 1. The number of carbonyl (C=O) groups excluding carboxylic acids is 1. The lowest BCUT2D eigenvalue weighted by Gasteiger charge is -2.42. The first-order chi connectivity index (χ1) is 10.8. The van der Waals surface area contributed by atoms with Crippen LogP contribution in [0.15, 0.2) is 24.3 Å². The molecule has 0 bridgehead atoms. The molecule has 1 saturated heterocycles. The number of hydrogen-bond acceptors (Lipinski definition) is 4. The van der Waals surface area contributed by atoms with Gasteiger partial charge in [0.15, 0.2) is 0 Å². The van der Waals surface area contributed by atoms with Gasteiger partial charge in [0, 0.05) is 24.7 Å². The summed E-state index contributed by atoms with van der Waals surface area (Å²) < 4.78 is 5.36. The monoisotopic (exact) mass is 319 g/mol. The van der Waals surface area contributed by atoms with Gasteiger partial charge in [-0.2, -0.15) is 0 Å². The van der Waals surface area contributed by atoms with Crippen molar-refractivity contribution in [3.8, 4) is 5.75 Å². The molecule has 0 aliphatic carbocycles. The van der Waals surface area contributed by atoms with Crippen LogP contribution >= 0.6 is 0 Å². The standard InChI is InChI=1S/C18H29N3O2/c1-13(14-7-5-6-8-15(14)23-4)20-17(22)11-21-10-9-16(19)18(2,3)12-21/h5-8,13,16H,9-12,19H2,1-4H3,(H,20,22). The highest BCUT2D eigenvalue weighted by Crippen LogP contribution is 2.28. The fourth-order valence-corrected chi connectivity index (χ4v) is 3.21. The molecule has 128 valence electrons. The molecule has 5 heteroatoms. The molecule has 0 saturated carbocycles. The predicted molar refractivity (Wildman–Crippen MR) is 92.4 cm³/mol. The smallest absolute Gasteiger partial charge is 0.234 e. The topological polar surface area (TPSA) is 67.6 Å². The number of nitrogens with one attached hydrogen (secondary N) is 1. The second kappa shape index (κ2) is 7.32. The number of para-hydroxylation sites is 1. The number of rotatable bonds is 5. The molecule has 1 fully saturated rings. The molecule has 2 rings (SSSR count). The van der Waals surface area contributed by atoms with Crippen molar-refractivity contribution < 1.29 is 9.53 Å². The van der Waals surface area contributed by atoms with Crippen LogP contribution in [-0.2, 0) is 4.79 Å². The number of carbonyl (C=O) groups is 1. The average Bonchev–Trinajstić information content (AvgIpc) is 2.50. The Balaban J connectivity index is 1.92. The molecule has 1 aliphatic rings. The first-order valence-electron chi connectivity index (χ1n) is 8.23. The highest BCUT2D eigenvalue weighted by Gasteiger charge is 2.34. The maximum Gasteiger partial charge on any atom is 0.234 e. The number of nitrogens with two attached hydrogens (primary N) is 1. The minimum Gasteiger partial charge on any atom is -0.496 e. The summed E-state index contributed by atoms with van der Waals surface area (Å²) in [4.78, 5) is 14.6. The van der Waals surface area contributed by atoms with Crippen LogP contribution in [0.2, 0.25) is 0 Å². The van der Waals surface area contributed by atoms with Gasteiger partial charge < -0.3 is 15.8 Å². The predicted octanol–water partition coefficient (Wildman–Crippen LogP) is 1.93. The summed E-state index contributed by atoms with van der Waals surface area (Å²) in [5.74, 6) is 0.833. The first-order valence-corrected chi connectivity index (χ1v) is 8.23. The van der Waals surface area contributed by atoms with Gasteiger partial charge in [-0.05, 0) is 24.8 Å². The Kier molecular flexibility index (Phi) is 5.65. The van der Waals surface area contributed by atoms with Crippen molar-refractivity contribution in [2.75, 3.05) is 26.7 Å². The number of methoxy groups -OCH3 is 1. The van der Waals surface area contributed by atoms with Crippen LogP contribution in [0.3, 0.4) is 0 Å². The van der Waals surface area contributed by atoms with Gasteiger partial charge in [0.2, 0.25) is 5.91 Å². The summed E-state index contributed by atoms with van der Waals surface area (Å²) in [5, 5.41) is 3.06. The van der Waals surface area contributed by atoms with Gasteiger partial charge in [0.25, 0.3) is 0 Å². The SMILES string of the molecule is COc1ccccc1C(C)NC(=O)CN1CCC(N)C(C)(C)C1. The van der Waals surface area contributed by atoms with Crippen molar-refractivity contribution in [3.63, 3.8) is 0 Å². The maximum atomic E-state index is 12.4. The molecule has 3 N–H and O–H groups in total. The summed E-state index contributed by atoms with van der Waals surface area (Å²) >= 11 is 0. The van der Waals surface area contributed by atoms with Crippen molar-refractivity contribution >= 4 is 5.91 Å². The average molecular weight is 319 g/mol. The van der Waals surface area contributed by atoms with E-state index < -0.39 is 0 Å². The van der Waals surface area contributed by atoms with Crippen LogP contribution in [0.4, 0.5) is 0 Å². The van der Waals surface area contributed by atoms with Crippen LogP contribution < -0.4 is 15.8 Å². The quantitative estimate of drug-likeness (QED) is 0.870. The van der Waals surface area contributed by atoms with E-state index in [4.69, 9.17) is 10.5 Å². The van der Waals surface area contributed by atoms with Gasteiger partial charge in [-0.3, -0.25) is 9.69 Å². The van der Waals surface area contributed by atoms with Gasteiger partial charge in [0.05, 0.1) is 19.7 Å². The van der Waals surface area contributed by atoms with E-state index in [9.17, 15) is 4.79 Å². The van der Waals surface area contributed by atoms with E-state index in [1.165, 1.54) is 0 Å². The van der Waals surface area contributed by atoms with Crippen LogP contribution in [0.25, 0.3) is 0 Å². The number of piperidine rings is 1. The number of amides is 1. The second-order valence-corrected chi connectivity index (χ2v) is 7.13. The Hall–Kier alpha value is -1.59. The van der Waals surface area contributed by atoms with Crippen molar-refractivity contribution in [2.45, 2.75) is 39.3 Å². The minimum atomic E-state index is -0.0845. The lowest BCUT2D eigenvalue weighted by molar-refractivity contribution is -0.123. The van der Waals surface area contributed by atoms with E-state index in [1.807, 2.05) is 31.2 Å². The molecule has 0 spiro atoms. The van der Waals surface area contributed by atoms with Crippen LogP contribution in [0, 0.1) is 5.41 Å². The van der Waals surface area contributed by atoms with Gasteiger partial charge >= 0.3 is 0 Å². The zero-order chi connectivity index (χ0) is 17.0. The molecular weight excluding hydrogens is 290 g/mol. The molecule has 1 aliphatic heterocycles. The highest BCUT2D eigenvalue weighted by molar-refractivity contribution is 5.78. The Morgan fingerprint density at radius 3 is 2.83 bits per heavy atom. The van der Waals surface area contributed by atoms with Crippen molar-refractivity contribution in [1.82, 2.24) is 10.2 Å². The highest BCUT2D eigenvalue weighted by atomic mass is 16.5. The Morgan fingerprint density at radius 1 is 1.48 bits per heavy atom. The fraction of sp³-hybridized carbons (Fsp3) is 0.611. The van der Waals surface area contributed by atoms with Crippen LogP contribution in [-0.4, -0.2) is 43.6 Å². The van der Waals surface area contributed by atoms with Gasteiger partial charge in [-0.15, -0.1) is 0 Å². The van der Waals surface area contributed by atoms with Crippen molar-refractivity contribution in [3.05, 3.63) is 29.8 Å². The minimum absolute atomic E-state index is 0.0367. The molecule has 5 nitrogen and oxygen atoms in total. The Bertz CT molecular complexity index is 545. The summed E-state index contributed by atoms with van der Waals surface area (Å²) in [6.07, 6.45) is 0.933. The molecule has 1 aromatic carbocycles. The van der Waals surface area contributed by atoms with E-state index in [2.05, 4.69) is 24.1 Å². The van der Waals surface area contributed by atoms with Crippen molar-refractivity contribution in [2.24, 2.45) is 11.1 Å². The summed E-state index contributed by atoms with van der Waals surface area (Å²) in [5.41, 5.74) is 7.19.